The Hall–Kier alpha value is -1.20. The van der Waals surface area contributed by atoms with Gasteiger partial charge in [-0.2, -0.15) is 0 Å². The number of hydrogen-bond donors (Lipinski definition) is 1. The highest BCUT2D eigenvalue weighted by Gasteiger charge is 2.43. The highest BCUT2D eigenvalue weighted by Crippen LogP contribution is 2.28. The molecule has 1 heterocycles. The average molecular weight is 290 g/mol. The molecule has 1 amide bonds. The van der Waals surface area contributed by atoms with Crippen LogP contribution in [0, 0.1) is 11.6 Å². The number of carbonyl (C=O) groups excluding carboxylic acids is 1. The van der Waals surface area contributed by atoms with E-state index < -0.39 is 23.1 Å². The van der Waals surface area contributed by atoms with Gasteiger partial charge in [0.25, 0.3) is 5.91 Å². The van der Waals surface area contributed by atoms with E-state index in [2.05, 4.69) is 0 Å². The van der Waals surface area contributed by atoms with Crippen molar-refractivity contribution in [2.75, 3.05) is 13.1 Å². The van der Waals surface area contributed by atoms with Gasteiger partial charge in [0.15, 0.2) is 0 Å². The molecular weight excluding hydrogens is 276 g/mol. The van der Waals surface area contributed by atoms with E-state index in [-0.39, 0.29) is 23.7 Å². The largest absolute Gasteiger partial charge is 0.386 e. The van der Waals surface area contributed by atoms with Crippen LogP contribution < -0.4 is 0 Å². The first-order valence-corrected chi connectivity index (χ1v) is 6.40. The SMILES string of the molecule is CCCC1(O)CN(C(=O)c2cc(F)c(Cl)cc2F)C1. The summed E-state index contributed by atoms with van der Waals surface area (Å²) in [6, 6.07) is 1.57. The number of likely N-dealkylation sites (tertiary alicyclic amines) is 1. The zero-order chi connectivity index (χ0) is 14.2. The van der Waals surface area contributed by atoms with Gasteiger partial charge in [0.2, 0.25) is 0 Å². The molecule has 0 unspecified atom stereocenters. The highest BCUT2D eigenvalue weighted by molar-refractivity contribution is 6.30. The van der Waals surface area contributed by atoms with Crippen LogP contribution in [-0.2, 0) is 0 Å². The summed E-state index contributed by atoms with van der Waals surface area (Å²) in [4.78, 5) is 13.3. The lowest BCUT2D eigenvalue weighted by Crippen LogP contribution is -2.63. The molecule has 1 saturated heterocycles. The first-order chi connectivity index (χ1) is 8.86. The number of β-amino-alcohol motifs (C(OH)–C–C–N with tert-alkyl or cyclic N) is 1. The Labute approximate surface area is 114 Å². The van der Waals surface area contributed by atoms with Crippen LogP contribution in [0.5, 0.6) is 0 Å². The molecule has 1 fully saturated rings. The lowest BCUT2D eigenvalue weighted by atomic mass is 9.88. The first-order valence-electron chi connectivity index (χ1n) is 6.02. The molecule has 6 heteroatoms. The fraction of sp³-hybridized carbons (Fsp3) is 0.462. The van der Waals surface area contributed by atoms with Gasteiger partial charge in [-0.15, -0.1) is 0 Å². The Balaban J connectivity index is 2.12. The maximum absolute atomic E-state index is 13.6. The van der Waals surface area contributed by atoms with Gasteiger partial charge in [-0.1, -0.05) is 24.9 Å². The molecule has 1 aliphatic heterocycles. The summed E-state index contributed by atoms with van der Waals surface area (Å²) in [6.45, 7) is 2.21. The molecule has 19 heavy (non-hydrogen) atoms. The Kier molecular flexibility index (Phi) is 3.78. The van der Waals surface area contributed by atoms with Crippen LogP contribution >= 0.6 is 11.6 Å². The molecule has 1 aromatic carbocycles. The van der Waals surface area contributed by atoms with Crippen LogP contribution in [0.25, 0.3) is 0 Å². The summed E-state index contributed by atoms with van der Waals surface area (Å²) in [5.41, 5.74) is -1.26. The second-order valence-electron chi connectivity index (χ2n) is 4.88. The zero-order valence-corrected chi connectivity index (χ0v) is 11.2. The summed E-state index contributed by atoms with van der Waals surface area (Å²) < 4.78 is 26.8. The number of halogens is 3. The van der Waals surface area contributed by atoms with Gasteiger partial charge in [-0.3, -0.25) is 4.79 Å². The van der Waals surface area contributed by atoms with Crippen molar-refractivity contribution in [3.63, 3.8) is 0 Å². The smallest absolute Gasteiger partial charge is 0.257 e. The van der Waals surface area contributed by atoms with E-state index in [0.717, 1.165) is 18.6 Å². The quantitative estimate of drug-likeness (QED) is 0.869. The van der Waals surface area contributed by atoms with Crippen molar-refractivity contribution in [1.82, 2.24) is 4.90 Å². The van der Waals surface area contributed by atoms with Gasteiger partial charge in [-0.25, -0.2) is 8.78 Å². The van der Waals surface area contributed by atoms with Crippen LogP contribution in [0.2, 0.25) is 5.02 Å². The average Bonchev–Trinajstić information content (AvgIpc) is 2.30. The van der Waals surface area contributed by atoms with Crippen molar-refractivity contribution in [3.8, 4) is 0 Å². The van der Waals surface area contributed by atoms with E-state index in [4.69, 9.17) is 11.6 Å². The van der Waals surface area contributed by atoms with Gasteiger partial charge in [0, 0.05) is 0 Å². The molecule has 104 valence electrons. The Morgan fingerprint density at radius 1 is 1.42 bits per heavy atom. The molecular formula is C13H14ClF2NO2. The Morgan fingerprint density at radius 2 is 2.05 bits per heavy atom. The van der Waals surface area contributed by atoms with Crippen molar-refractivity contribution < 1.29 is 18.7 Å². The summed E-state index contributed by atoms with van der Waals surface area (Å²) in [7, 11) is 0. The van der Waals surface area contributed by atoms with Crippen LogP contribution in [0.3, 0.4) is 0 Å². The zero-order valence-electron chi connectivity index (χ0n) is 10.4. The fourth-order valence-corrected chi connectivity index (χ4v) is 2.44. The molecule has 2 rings (SSSR count). The minimum atomic E-state index is -0.897. The van der Waals surface area contributed by atoms with E-state index in [1.54, 1.807) is 0 Å². The second-order valence-corrected chi connectivity index (χ2v) is 5.29. The number of hydrogen-bond acceptors (Lipinski definition) is 2. The Bertz CT molecular complexity index is 516. The third-order valence-electron chi connectivity index (χ3n) is 3.21. The molecule has 0 spiro atoms. The predicted octanol–water partition coefficient (Wildman–Crippen LogP) is 2.61. The monoisotopic (exact) mass is 289 g/mol. The van der Waals surface area contributed by atoms with Crippen molar-refractivity contribution in [2.45, 2.75) is 25.4 Å². The fourth-order valence-electron chi connectivity index (χ4n) is 2.29. The molecule has 0 aromatic heterocycles. The standard InChI is InChI=1S/C13H14ClF2NO2/c1-2-3-13(19)6-17(7-13)12(18)8-4-11(16)9(14)5-10(8)15/h4-5,19H,2-3,6-7H2,1H3. The third kappa shape index (κ3) is 2.72. The Morgan fingerprint density at radius 3 is 2.63 bits per heavy atom. The van der Waals surface area contributed by atoms with Crippen molar-refractivity contribution >= 4 is 17.5 Å². The predicted molar refractivity (Wildman–Crippen MR) is 67.1 cm³/mol. The van der Waals surface area contributed by atoms with E-state index in [1.165, 1.54) is 4.90 Å². The minimum Gasteiger partial charge on any atom is -0.386 e. The van der Waals surface area contributed by atoms with Crippen LogP contribution in [-0.4, -0.2) is 34.6 Å². The first kappa shape index (κ1) is 14.2. The summed E-state index contributed by atoms with van der Waals surface area (Å²) in [5.74, 6) is -2.33. The van der Waals surface area contributed by atoms with E-state index >= 15 is 0 Å². The van der Waals surface area contributed by atoms with Gasteiger partial charge < -0.3 is 10.0 Å². The minimum absolute atomic E-state index is 0.142. The van der Waals surface area contributed by atoms with Gasteiger partial charge in [0.1, 0.15) is 11.6 Å². The van der Waals surface area contributed by atoms with Crippen LogP contribution in [0.4, 0.5) is 8.78 Å². The summed E-state index contributed by atoms with van der Waals surface area (Å²) in [6.07, 6.45) is 1.37. The van der Waals surface area contributed by atoms with Gasteiger partial charge in [0.05, 0.1) is 29.3 Å². The lowest BCUT2D eigenvalue weighted by molar-refractivity contribution is -0.0861. The van der Waals surface area contributed by atoms with Gasteiger partial charge in [-0.05, 0) is 18.6 Å². The normalized spacial score (nSPS) is 17.2. The molecule has 0 saturated carbocycles. The van der Waals surface area contributed by atoms with Crippen molar-refractivity contribution in [1.29, 1.82) is 0 Å². The van der Waals surface area contributed by atoms with Crippen LogP contribution in [0.15, 0.2) is 12.1 Å². The maximum atomic E-state index is 13.6. The molecule has 1 aliphatic rings. The van der Waals surface area contributed by atoms with E-state index in [9.17, 15) is 18.7 Å². The van der Waals surface area contributed by atoms with Gasteiger partial charge >= 0.3 is 0 Å². The molecule has 1 N–H and O–H groups in total. The second kappa shape index (κ2) is 5.06. The number of carbonyl (C=O) groups is 1. The van der Waals surface area contributed by atoms with E-state index in [0.29, 0.717) is 6.42 Å². The molecule has 0 radical (unpaired) electrons. The number of aliphatic hydroxyl groups is 1. The van der Waals surface area contributed by atoms with Crippen LogP contribution in [0.1, 0.15) is 30.1 Å². The highest BCUT2D eigenvalue weighted by atomic mass is 35.5. The number of rotatable bonds is 3. The summed E-state index contributed by atoms with van der Waals surface area (Å²) in [5, 5.41) is 9.60. The molecule has 3 nitrogen and oxygen atoms in total. The molecule has 1 aromatic rings. The number of nitrogens with zero attached hydrogens (tertiary/aromatic N) is 1. The molecule has 0 aliphatic carbocycles. The number of amides is 1. The summed E-state index contributed by atoms with van der Waals surface area (Å²) >= 11 is 5.42. The van der Waals surface area contributed by atoms with Crippen molar-refractivity contribution in [2.24, 2.45) is 0 Å². The lowest BCUT2D eigenvalue weighted by Gasteiger charge is -2.46. The number of benzene rings is 1. The van der Waals surface area contributed by atoms with E-state index in [1.807, 2.05) is 6.92 Å². The topological polar surface area (TPSA) is 40.5 Å². The van der Waals surface area contributed by atoms with Crippen molar-refractivity contribution in [3.05, 3.63) is 34.4 Å². The maximum Gasteiger partial charge on any atom is 0.257 e. The molecule has 0 atom stereocenters. The molecule has 0 bridgehead atoms. The third-order valence-corrected chi connectivity index (χ3v) is 3.50.